The van der Waals surface area contributed by atoms with Crippen molar-refractivity contribution in [2.75, 3.05) is 43.5 Å². The molecule has 0 saturated carbocycles. The first-order chi connectivity index (χ1) is 33.8. The first kappa shape index (κ1) is 50.3. The van der Waals surface area contributed by atoms with Crippen LogP contribution in [0.25, 0.3) is 78.6 Å². The Morgan fingerprint density at radius 3 is 1.11 bits per heavy atom. The topological polar surface area (TPSA) is 206 Å². The van der Waals surface area contributed by atoms with Crippen LogP contribution in [0.2, 0.25) is 0 Å². The second kappa shape index (κ2) is 20.0. The highest BCUT2D eigenvalue weighted by Gasteiger charge is 2.33. The minimum Gasteiger partial charge on any atom is -0.394 e. The number of nitrogens with one attached hydrogen (secondary N) is 5. The molecule has 0 fully saturated rings. The number of nitrogens with zero attached hydrogens (tertiary/aromatic N) is 1. The van der Waals surface area contributed by atoms with E-state index < -0.39 is 212 Å². The van der Waals surface area contributed by atoms with E-state index in [4.69, 9.17) is 5.11 Å². The van der Waals surface area contributed by atoms with Crippen molar-refractivity contribution in [2.24, 2.45) is 0 Å². The summed E-state index contributed by atoms with van der Waals surface area (Å²) in [5.41, 5.74) is -14.1. The molecule has 0 saturated heterocycles. The normalized spacial score (nSPS) is 13.4. The Kier molecular flexibility index (Phi) is 14.1. The lowest BCUT2D eigenvalue weighted by atomic mass is 9.97. The number of aromatic nitrogens is 4. The van der Waals surface area contributed by atoms with Gasteiger partial charge in [-0.25, -0.2) is 57.7 Å². The first-order valence-corrected chi connectivity index (χ1v) is 21.1. The molecule has 7 aromatic rings. The van der Waals surface area contributed by atoms with Crippen LogP contribution < -0.4 is 10.6 Å². The summed E-state index contributed by atoms with van der Waals surface area (Å²) >= 11 is 0. The summed E-state index contributed by atoms with van der Waals surface area (Å²) in [5, 5.41) is 60.7. The molecule has 0 spiro atoms. The molecule has 11 N–H and O–H groups in total. The number of aromatic amines is 3. The van der Waals surface area contributed by atoms with E-state index in [1.54, 1.807) is 0 Å². The van der Waals surface area contributed by atoms with Crippen molar-refractivity contribution in [2.45, 2.75) is 31.2 Å². The zero-order valence-electron chi connectivity index (χ0n) is 36.0. The number of hydrogen-bond acceptors (Lipinski definition) is 9. The molecule has 0 radical (unpaired) electrons. The smallest absolute Gasteiger partial charge is 0.185 e. The lowest BCUT2D eigenvalue weighted by Crippen LogP contribution is -2.24. The molecular formula is C47H36F12N6O6. The number of hydrogen-bond donors (Lipinski definition) is 11. The van der Waals surface area contributed by atoms with Crippen LogP contribution in [0.15, 0.2) is 36.4 Å². The van der Waals surface area contributed by atoms with Gasteiger partial charge in [0.15, 0.2) is 69.8 Å². The maximum atomic E-state index is 16.5. The number of aliphatic hydroxyl groups is 6. The van der Waals surface area contributed by atoms with Crippen molar-refractivity contribution in [3.63, 3.8) is 0 Å². The largest absolute Gasteiger partial charge is 0.394 e. The standard InChI is InChI=1S/C47H36F12N6O6/c48-34-19(2-1-16(69)13-66)35(49)37(51)31(36(34)50)28-22-5-3-20(62-22)21-4-6-23(63-21)29(32-38(52)42(56)46(43(57)39(32)53)60-11-17(70)14-67)25-8-10-27(65-25)30(26-9-7-24(28)64-26)33-40(54)44(58)47(45(59)41(33)55)61-12-18(71)15-68/h3-10,16-18,60-62,64-71H,1-2,11-15H2/t16-,17-,18-/m0/s1. The van der Waals surface area contributed by atoms with Gasteiger partial charge in [-0.2, -0.15) is 0 Å². The second-order valence-electron chi connectivity index (χ2n) is 16.1. The van der Waals surface area contributed by atoms with Crippen LogP contribution in [0.5, 0.6) is 0 Å². The van der Waals surface area contributed by atoms with Crippen LogP contribution in [0, 0.1) is 69.8 Å². The zero-order valence-corrected chi connectivity index (χ0v) is 36.0. The van der Waals surface area contributed by atoms with Crippen LogP contribution in [0.1, 0.15) is 23.4 Å². The number of rotatable bonds is 15. The highest BCUT2D eigenvalue weighted by atomic mass is 19.2. The van der Waals surface area contributed by atoms with Crippen LogP contribution in [0.3, 0.4) is 0 Å². The van der Waals surface area contributed by atoms with Crippen LogP contribution in [0.4, 0.5) is 64.1 Å². The number of benzene rings is 3. The third-order valence-electron chi connectivity index (χ3n) is 11.6. The van der Waals surface area contributed by atoms with E-state index in [-0.39, 0.29) is 16.7 Å². The second-order valence-corrected chi connectivity index (χ2v) is 16.1. The molecule has 71 heavy (non-hydrogen) atoms. The summed E-state index contributed by atoms with van der Waals surface area (Å²) in [6.45, 7) is -4.33. The third-order valence-corrected chi connectivity index (χ3v) is 11.6. The van der Waals surface area contributed by atoms with Gasteiger partial charge in [0.25, 0.3) is 0 Å². The Morgan fingerprint density at radius 1 is 0.394 bits per heavy atom. The van der Waals surface area contributed by atoms with Gasteiger partial charge in [-0.15, -0.1) is 0 Å². The van der Waals surface area contributed by atoms with Gasteiger partial charge in [0, 0.05) is 62.9 Å². The van der Waals surface area contributed by atoms with E-state index in [9.17, 15) is 25.5 Å². The minimum absolute atomic E-state index is 0.0730. The van der Waals surface area contributed by atoms with Gasteiger partial charge in [0.1, 0.15) is 11.4 Å². The molecular weight excluding hydrogens is 973 g/mol. The van der Waals surface area contributed by atoms with E-state index in [1.165, 1.54) is 12.1 Å². The predicted octanol–water partition coefficient (Wildman–Crippen LogP) is 8.18. The summed E-state index contributed by atoms with van der Waals surface area (Å²) in [7, 11) is 0. The van der Waals surface area contributed by atoms with E-state index in [0.717, 1.165) is 36.4 Å². The molecule has 12 nitrogen and oxygen atoms in total. The van der Waals surface area contributed by atoms with Crippen molar-refractivity contribution < 1.29 is 83.3 Å². The third kappa shape index (κ3) is 8.90. The minimum atomic E-state index is -2.14. The molecule has 0 aliphatic carbocycles. The van der Waals surface area contributed by atoms with Gasteiger partial charge in [-0.05, 0) is 61.4 Å². The molecule has 24 heteroatoms. The Labute approximate surface area is 390 Å². The maximum absolute atomic E-state index is 16.5. The van der Waals surface area contributed by atoms with Gasteiger partial charge >= 0.3 is 0 Å². The maximum Gasteiger partial charge on any atom is 0.185 e. The molecule has 3 aromatic carbocycles. The number of anilines is 2. The van der Waals surface area contributed by atoms with Crippen LogP contribution in [-0.4, -0.2) is 102 Å². The Morgan fingerprint density at radius 2 is 0.718 bits per heavy atom. The molecule has 8 rings (SSSR count). The highest BCUT2D eigenvalue weighted by Crippen LogP contribution is 2.43. The highest BCUT2D eigenvalue weighted by molar-refractivity contribution is 6.01. The van der Waals surface area contributed by atoms with Crippen molar-refractivity contribution in [3.8, 4) is 33.4 Å². The molecule has 374 valence electrons. The average Bonchev–Trinajstić information content (AvgIpc) is 4.22. The van der Waals surface area contributed by atoms with Gasteiger partial charge < -0.3 is 56.2 Å². The van der Waals surface area contributed by atoms with Crippen molar-refractivity contribution in [1.29, 1.82) is 0 Å². The summed E-state index contributed by atoms with van der Waals surface area (Å²) < 4.78 is 194. The van der Waals surface area contributed by atoms with E-state index >= 15 is 52.7 Å². The molecule has 5 heterocycles. The average molecular weight is 1010 g/mol. The molecule has 1 aliphatic rings. The summed E-state index contributed by atoms with van der Waals surface area (Å²) in [5.74, 6) is -24.5. The predicted molar refractivity (Wildman–Crippen MR) is 236 cm³/mol. The quantitative estimate of drug-likeness (QED) is 0.0354. The summed E-state index contributed by atoms with van der Waals surface area (Å²) in [6.07, 6.45) is -3.91. The first-order valence-electron chi connectivity index (χ1n) is 21.1. The zero-order chi connectivity index (χ0) is 51.3. The fourth-order valence-corrected chi connectivity index (χ4v) is 8.04. The van der Waals surface area contributed by atoms with Crippen LogP contribution in [-0.2, 0) is 6.42 Å². The summed E-state index contributed by atoms with van der Waals surface area (Å²) in [6, 6.07) is 6.18. The molecule has 0 amide bonds. The lowest BCUT2D eigenvalue weighted by Gasteiger charge is -2.16. The van der Waals surface area contributed by atoms with Gasteiger partial charge in [0.05, 0.1) is 71.7 Å². The molecule has 4 aromatic heterocycles. The van der Waals surface area contributed by atoms with Crippen LogP contribution >= 0.6 is 0 Å². The van der Waals surface area contributed by atoms with Gasteiger partial charge in [-0.3, -0.25) is 0 Å². The fourth-order valence-electron chi connectivity index (χ4n) is 8.04. The number of H-pyrrole nitrogens is 3. The lowest BCUT2D eigenvalue weighted by molar-refractivity contribution is 0.0881. The fraction of sp³-hybridized carbons (Fsp3) is 0.213. The Balaban J connectivity index is 1.52. The van der Waals surface area contributed by atoms with E-state index in [1.807, 2.05) is 10.6 Å². The van der Waals surface area contributed by atoms with Crippen molar-refractivity contribution in [3.05, 3.63) is 123 Å². The van der Waals surface area contributed by atoms with E-state index in [2.05, 4.69) is 19.9 Å². The molecule has 8 bridgehead atoms. The number of fused-ring (bicyclic) bond motifs is 9. The SMILES string of the molecule is OC[C@@H](O)CCc1c(F)c(F)c(-c2c3ccc([nH]3)c3nc(c(-c4c(F)c(F)c(NC[C@H](O)CO)c(F)c4F)c4ccc([nH]4)c(-c4c(F)c(F)c(NC[C@H](O)CO)c(F)c4F)c4ccc2[nH]4)C=C3)c(F)c1F. The number of halogens is 12. The van der Waals surface area contributed by atoms with Gasteiger partial charge in [0.2, 0.25) is 0 Å². The van der Waals surface area contributed by atoms with Gasteiger partial charge in [-0.1, -0.05) is 0 Å². The van der Waals surface area contributed by atoms with Crippen molar-refractivity contribution in [1.82, 2.24) is 19.9 Å². The monoisotopic (exact) mass is 1010 g/mol. The van der Waals surface area contributed by atoms with Crippen molar-refractivity contribution >= 4 is 56.6 Å². The molecule has 1 aliphatic heterocycles. The number of aliphatic hydroxyl groups excluding tert-OH is 6. The molecule has 0 unspecified atom stereocenters. The van der Waals surface area contributed by atoms with E-state index in [0.29, 0.717) is 0 Å². The Hall–Kier alpha value is -7.09. The summed E-state index contributed by atoms with van der Waals surface area (Å²) in [4.78, 5) is 12.3. The molecule has 3 atom stereocenters. The Bertz CT molecular complexity index is 3330.